The summed E-state index contributed by atoms with van der Waals surface area (Å²) >= 11 is 0. The summed E-state index contributed by atoms with van der Waals surface area (Å²) in [5.41, 5.74) is 4.43. The second kappa shape index (κ2) is 10.3. The lowest BCUT2D eigenvalue weighted by Gasteiger charge is -2.07. The van der Waals surface area contributed by atoms with E-state index in [1.165, 1.54) is 17.7 Å². The third-order valence-corrected chi connectivity index (χ3v) is 4.85. The van der Waals surface area contributed by atoms with Crippen LogP contribution in [0, 0.1) is 5.82 Å². The number of halogens is 1. The van der Waals surface area contributed by atoms with Gasteiger partial charge in [-0.2, -0.15) is 0 Å². The largest absolute Gasteiger partial charge is 0.330 e. The van der Waals surface area contributed by atoms with E-state index in [1.807, 2.05) is 12.1 Å². The summed E-state index contributed by atoms with van der Waals surface area (Å²) in [5, 5.41) is 10.2. The fraction of sp³-hybridized carbons (Fsp3) is 0.409. The number of fused-ring (bicyclic) bond motifs is 1. The van der Waals surface area contributed by atoms with Crippen molar-refractivity contribution in [1.29, 1.82) is 0 Å². The summed E-state index contributed by atoms with van der Waals surface area (Å²) in [6, 6.07) is 13.0. The topological polar surface area (TPSA) is 53.9 Å². The molecule has 0 aliphatic carbocycles. The Balaban J connectivity index is 1.54. The summed E-state index contributed by atoms with van der Waals surface area (Å²) in [7, 11) is 2.06. The summed E-state index contributed by atoms with van der Waals surface area (Å²) in [6.45, 7) is 7.71. The first kappa shape index (κ1) is 20.5. The molecule has 0 saturated carbocycles. The van der Waals surface area contributed by atoms with Gasteiger partial charge in [0.25, 0.3) is 0 Å². The Labute approximate surface area is 166 Å². The van der Waals surface area contributed by atoms with Crippen LogP contribution in [-0.2, 0) is 20.0 Å². The summed E-state index contributed by atoms with van der Waals surface area (Å²) < 4.78 is 15.2. The molecule has 0 saturated heterocycles. The Morgan fingerprint density at radius 3 is 2.32 bits per heavy atom. The zero-order valence-corrected chi connectivity index (χ0v) is 16.8. The molecular formula is C22H30FN5. The van der Waals surface area contributed by atoms with Crippen LogP contribution in [0.3, 0.4) is 0 Å². The quantitative estimate of drug-likeness (QED) is 0.446. The Morgan fingerprint density at radius 1 is 0.893 bits per heavy atom. The molecule has 0 amide bonds. The number of nitrogens with one attached hydrogen (secondary N) is 3. The van der Waals surface area contributed by atoms with Crippen molar-refractivity contribution < 1.29 is 4.39 Å². The van der Waals surface area contributed by atoms with Gasteiger partial charge in [0, 0.05) is 33.2 Å². The Morgan fingerprint density at radius 2 is 1.57 bits per heavy atom. The molecule has 0 aliphatic heterocycles. The highest BCUT2D eigenvalue weighted by atomic mass is 19.1. The van der Waals surface area contributed by atoms with E-state index in [1.54, 1.807) is 0 Å². The zero-order valence-electron chi connectivity index (χ0n) is 16.8. The van der Waals surface area contributed by atoms with Crippen molar-refractivity contribution in [3.05, 3.63) is 65.2 Å². The molecule has 3 N–H and O–H groups in total. The van der Waals surface area contributed by atoms with E-state index in [2.05, 4.69) is 52.7 Å². The van der Waals surface area contributed by atoms with E-state index >= 15 is 0 Å². The maximum atomic E-state index is 13.1. The van der Waals surface area contributed by atoms with Crippen molar-refractivity contribution in [2.24, 2.45) is 7.05 Å². The van der Waals surface area contributed by atoms with Crippen LogP contribution >= 0.6 is 0 Å². The van der Waals surface area contributed by atoms with E-state index in [0.717, 1.165) is 68.1 Å². The van der Waals surface area contributed by atoms with Crippen molar-refractivity contribution in [1.82, 2.24) is 25.5 Å². The second-order valence-electron chi connectivity index (χ2n) is 6.99. The third kappa shape index (κ3) is 5.61. The van der Waals surface area contributed by atoms with Crippen molar-refractivity contribution in [3.8, 4) is 0 Å². The second-order valence-corrected chi connectivity index (χ2v) is 6.99. The maximum absolute atomic E-state index is 13.1. The lowest BCUT2D eigenvalue weighted by atomic mass is 10.0. The van der Waals surface area contributed by atoms with Crippen LogP contribution in [0.1, 0.15) is 23.9 Å². The van der Waals surface area contributed by atoms with E-state index in [9.17, 15) is 4.39 Å². The molecule has 6 heteroatoms. The smallest absolute Gasteiger partial charge is 0.123 e. The van der Waals surface area contributed by atoms with Gasteiger partial charge in [-0.05, 0) is 48.4 Å². The molecule has 3 aromatic rings. The molecule has 0 bridgehead atoms. The van der Waals surface area contributed by atoms with E-state index < -0.39 is 0 Å². The van der Waals surface area contributed by atoms with Gasteiger partial charge < -0.3 is 20.5 Å². The standard InChI is InChI=1S/C22H30FN5/c1-3-24-10-11-25-12-13-26-16-22-27-20-9-6-18(15-21(20)28(22)2)14-17-4-7-19(23)8-5-17/h4-9,15,24-26H,3,10-14,16H2,1-2H3. The monoisotopic (exact) mass is 383 g/mol. The molecule has 5 nitrogen and oxygen atoms in total. The number of imidazole rings is 1. The normalized spacial score (nSPS) is 11.4. The van der Waals surface area contributed by atoms with Gasteiger partial charge in [0.15, 0.2) is 0 Å². The third-order valence-electron chi connectivity index (χ3n) is 4.85. The van der Waals surface area contributed by atoms with E-state index in [0.29, 0.717) is 0 Å². The minimum absolute atomic E-state index is 0.198. The number of likely N-dealkylation sites (N-methyl/N-ethyl adjacent to an activating group) is 1. The van der Waals surface area contributed by atoms with E-state index in [-0.39, 0.29) is 5.82 Å². The lowest BCUT2D eigenvalue weighted by Crippen LogP contribution is -2.32. The number of aryl methyl sites for hydroxylation is 1. The van der Waals surface area contributed by atoms with Crippen molar-refractivity contribution in [2.75, 3.05) is 32.7 Å². The van der Waals surface area contributed by atoms with Gasteiger partial charge in [0.1, 0.15) is 11.6 Å². The molecule has 0 atom stereocenters. The molecule has 3 rings (SSSR count). The summed E-state index contributed by atoms with van der Waals surface area (Å²) in [5.74, 6) is 0.831. The van der Waals surface area contributed by atoms with Crippen LogP contribution in [0.5, 0.6) is 0 Å². The zero-order chi connectivity index (χ0) is 19.8. The van der Waals surface area contributed by atoms with Crippen LogP contribution in [0.4, 0.5) is 4.39 Å². The first-order valence-corrected chi connectivity index (χ1v) is 9.98. The molecule has 0 fully saturated rings. The minimum atomic E-state index is -0.198. The predicted molar refractivity (Wildman–Crippen MR) is 113 cm³/mol. The van der Waals surface area contributed by atoms with Gasteiger partial charge in [-0.15, -0.1) is 0 Å². The van der Waals surface area contributed by atoms with Gasteiger partial charge in [0.2, 0.25) is 0 Å². The number of nitrogens with zero attached hydrogens (tertiary/aromatic N) is 2. The SMILES string of the molecule is CCNCCNCCNCc1nc2ccc(Cc3ccc(F)cc3)cc2n1C. The fourth-order valence-electron chi connectivity index (χ4n) is 3.25. The molecule has 0 spiro atoms. The fourth-order valence-corrected chi connectivity index (χ4v) is 3.25. The summed E-state index contributed by atoms with van der Waals surface area (Å²) in [4.78, 5) is 4.75. The highest BCUT2D eigenvalue weighted by Gasteiger charge is 2.08. The Kier molecular flexibility index (Phi) is 7.54. The highest BCUT2D eigenvalue weighted by molar-refractivity contribution is 5.77. The maximum Gasteiger partial charge on any atom is 0.123 e. The summed E-state index contributed by atoms with van der Waals surface area (Å²) in [6.07, 6.45) is 0.785. The van der Waals surface area contributed by atoms with Gasteiger partial charge in [-0.25, -0.2) is 9.37 Å². The Hall–Kier alpha value is -2.28. The minimum Gasteiger partial charge on any atom is -0.330 e. The van der Waals surface area contributed by atoms with E-state index in [4.69, 9.17) is 4.98 Å². The van der Waals surface area contributed by atoms with Gasteiger partial charge in [-0.3, -0.25) is 0 Å². The molecule has 150 valence electrons. The van der Waals surface area contributed by atoms with Gasteiger partial charge in [0.05, 0.1) is 17.6 Å². The number of benzene rings is 2. The molecule has 1 aromatic heterocycles. The number of hydrogen-bond acceptors (Lipinski definition) is 4. The molecule has 28 heavy (non-hydrogen) atoms. The highest BCUT2D eigenvalue weighted by Crippen LogP contribution is 2.19. The van der Waals surface area contributed by atoms with Crippen LogP contribution in [0.2, 0.25) is 0 Å². The van der Waals surface area contributed by atoms with Crippen LogP contribution in [0.15, 0.2) is 42.5 Å². The number of aromatic nitrogens is 2. The molecule has 0 aliphatic rings. The molecule has 0 radical (unpaired) electrons. The average Bonchev–Trinajstić information content (AvgIpc) is 3.01. The Bertz CT molecular complexity index is 873. The van der Waals surface area contributed by atoms with Gasteiger partial charge >= 0.3 is 0 Å². The number of hydrogen-bond donors (Lipinski definition) is 3. The first-order valence-electron chi connectivity index (χ1n) is 9.98. The van der Waals surface area contributed by atoms with Crippen molar-refractivity contribution in [3.63, 3.8) is 0 Å². The van der Waals surface area contributed by atoms with Crippen LogP contribution in [-0.4, -0.2) is 42.3 Å². The average molecular weight is 384 g/mol. The molecule has 1 heterocycles. The molecular weight excluding hydrogens is 353 g/mol. The molecule has 2 aromatic carbocycles. The van der Waals surface area contributed by atoms with Crippen LogP contribution < -0.4 is 16.0 Å². The first-order chi connectivity index (χ1) is 13.7. The number of rotatable bonds is 11. The van der Waals surface area contributed by atoms with Gasteiger partial charge in [-0.1, -0.05) is 25.1 Å². The van der Waals surface area contributed by atoms with Crippen molar-refractivity contribution in [2.45, 2.75) is 19.9 Å². The molecule has 0 unspecified atom stereocenters. The van der Waals surface area contributed by atoms with Crippen molar-refractivity contribution >= 4 is 11.0 Å². The lowest BCUT2D eigenvalue weighted by molar-refractivity contribution is 0.576. The predicted octanol–water partition coefficient (Wildman–Crippen LogP) is 2.59. The van der Waals surface area contributed by atoms with Crippen LogP contribution in [0.25, 0.3) is 11.0 Å².